The molecule has 10 heteroatoms. The maximum absolute atomic E-state index is 8.36. The first-order valence-corrected chi connectivity index (χ1v) is 10.0. The van der Waals surface area contributed by atoms with E-state index in [4.69, 9.17) is 50.1 Å². The lowest BCUT2D eigenvalue weighted by Crippen LogP contribution is -2.15. The maximum atomic E-state index is 8.36. The van der Waals surface area contributed by atoms with Crippen molar-refractivity contribution in [2.45, 2.75) is 23.1 Å². The van der Waals surface area contributed by atoms with E-state index in [1.165, 1.54) is 5.56 Å². The van der Waals surface area contributed by atoms with E-state index >= 15 is 0 Å². The first-order chi connectivity index (χ1) is 13.3. The van der Waals surface area contributed by atoms with Gasteiger partial charge in [0, 0.05) is 34.1 Å². The normalized spacial score (nSPS) is 11.4. The van der Waals surface area contributed by atoms with E-state index in [-0.39, 0.29) is 5.25 Å². The van der Waals surface area contributed by atoms with E-state index in [1.807, 2.05) is 42.9 Å². The van der Waals surface area contributed by atoms with E-state index in [0.29, 0.717) is 10.0 Å². The number of halogens is 3. The van der Waals surface area contributed by atoms with E-state index in [2.05, 4.69) is 21.7 Å². The highest BCUT2D eigenvalue weighted by Crippen LogP contribution is 2.37. The summed E-state index contributed by atoms with van der Waals surface area (Å²) in [6.45, 7) is 0.814. The summed E-state index contributed by atoms with van der Waals surface area (Å²) in [5, 5.41) is 16.0. The van der Waals surface area contributed by atoms with Gasteiger partial charge in [0.25, 0.3) is 5.09 Å². The van der Waals surface area contributed by atoms with Crippen molar-refractivity contribution in [2.24, 2.45) is 0 Å². The molecule has 0 spiro atoms. The summed E-state index contributed by atoms with van der Waals surface area (Å²) >= 11 is 20.4. The molecule has 1 atom stereocenters. The van der Waals surface area contributed by atoms with E-state index in [1.54, 1.807) is 18.0 Å². The highest BCUT2D eigenvalue weighted by atomic mass is 35.5. The van der Waals surface area contributed by atoms with Crippen LogP contribution in [0.25, 0.3) is 0 Å². The van der Waals surface area contributed by atoms with Crippen LogP contribution in [0.5, 0.6) is 0 Å². The Balaban J connectivity index is 0.000000640. The van der Waals surface area contributed by atoms with Crippen LogP contribution in [0, 0.1) is 10.1 Å². The largest absolute Gasteiger partial charge is 0.336 e. The Morgan fingerprint density at radius 2 is 1.75 bits per heavy atom. The Hall–Kier alpha value is -1.93. The predicted molar refractivity (Wildman–Crippen MR) is 112 cm³/mol. The third kappa shape index (κ3) is 7.59. The smallest absolute Gasteiger partial charge is 0.291 e. The van der Waals surface area contributed by atoms with Crippen LogP contribution in [-0.2, 0) is 13.0 Å². The fourth-order valence-electron chi connectivity index (χ4n) is 2.42. The number of nitrogens with zero attached hydrogens (tertiary/aromatic N) is 3. The molecule has 0 aliphatic heterocycles. The lowest BCUT2D eigenvalue weighted by Gasteiger charge is -2.19. The zero-order valence-corrected chi connectivity index (χ0v) is 17.5. The van der Waals surface area contributed by atoms with Gasteiger partial charge in [-0.3, -0.25) is 0 Å². The molecule has 0 saturated carbocycles. The maximum Gasteiger partial charge on any atom is 0.291 e. The van der Waals surface area contributed by atoms with Gasteiger partial charge in [0.15, 0.2) is 0 Å². The minimum absolute atomic E-state index is 0.262. The number of hydrogen-bond acceptors (Lipinski definition) is 4. The third-order valence-electron chi connectivity index (χ3n) is 3.55. The van der Waals surface area contributed by atoms with Gasteiger partial charge in [0.1, 0.15) is 0 Å². The van der Waals surface area contributed by atoms with Crippen molar-refractivity contribution in [1.82, 2.24) is 9.55 Å². The zero-order chi connectivity index (χ0) is 20.5. The molecule has 0 bridgehead atoms. The highest BCUT2D eigenvalue weighted by molar-refractivity contribution is 8.00. The summed E-state index contributed by atoms with van der Waals surface area (Å²) < 4.78 is 2.07. The SMILES string of the molecule is Clc1ccc(CC(Cn2ccnc2)Sc2c(Cl)cccc2Cl)cc1.O=[N+]([O-])O. The molecule has 2 aromatic carbocycles. The Kier molecular flexibility index (Phi) is 8.92. The molecule has 0 radical (unpaired) electrons. The molecule has 0 fully saturated rings. The molecule has 148 valence electrons. The van der Waals surface area contributed by atoms with Crippen LogP contribution >= 0.6 is 46.6 Å². The molecule has 6 nitrogen and oxygen atoms in total. The highest BCUT2D eigenvalue weighted by Gasteiger charge is 2.16. The number of benzene rings is 2. The molecule has 0 amide bonds. The summed E-state index contributed by atoms with van der Waals surface area (Å²) in [5.41, 5.74) is 1.22. The van der Waals surface area contributed by atoms with Gasteiger partial charge in [-0.15, -0.1) is 21.9 Å². The number of aromatic nitrogens is 2. The Morgan fingerprint density at radius 3 is 2.29 bits per heavy atom. The molecule has 1 N–H and O–H groups in total. The van der Waals surface area contributed by atoms with Crippen LogP contribution in [0.2, 0.25) is 15.1 Å². The van der Waals surface area contributed by atoms with Crippen molar-refractivity contribution < 1.29 is 10.3 Å². The van der Waals surface area contributed by atoms with Gasteiger partial charge in [-0.25, -0.2) is 4.98 Å². The predicted octanol–water partition coefficient (Wildman–Crippen LogP) is 5.90. The monoisotopic (exact) mass is 459 g/mol. The summed E-state index contributed by atoms with van der Waals surface area (Å²) in [4.78, 5) is 13.4. The van der Waals surface area contributed by atoms with Crippen LogP contribution in [0.15, 0.2) is 66.1 Å². The molecule has 1 heterocycles. The molecular weight excluding hydrogens is 445 g/mol. The summed E-state index contributed by atoms with van der Waals surface area (Å²) in [6.07, 6.45) is 6.45. The molecule has 1 aromatic heterocycles. The van der Waals surface area contributed by atoms with Gasteiger partial charge < -0.3 is 9.77 Å². The topological polar surface area (TPSA) is 81.2 Å². The van der Waals surface area contributed by atoms with Crippen molar-refractivity contribution in [3.05, 3.63) is 91.9 Å². The lowest BCUT2D eigenvalue weighted by atomic mass is 10.1. The number of rotatable bonds is 6. The first kappa shape index (κ1) is 22.4. The molecule has 3 rings (SSSR count). The average Bonchev–Trinajstić information content (AvgIpc) is 3.13. The van der Waals surface area contributed by atoms with Gasteiger partial charge in [-0.1, -0.05) is 53.0 Å². The third-order valence-corrected chi connectivity index (χ3v) is 5.98. The van der Waals surface area contributed by atoms with Crippen molar-refractivity contribution in [2.75, 3.05) is 0 Å². The second kappa shape index (κ2) is 11.2. The van der Waals surface area contributed by atoms with Gasteiger partial charge in [-0.05, 0) is 36.2 Å². The average molecular weight is 461 g/mol. The van der Waals surface area contributed by atoms with Crippen LogP contribution in [0.1, 0.15) is 5.56 Å². The van der Waals surface area contributed by atoms with Crippen molar-refractivity contribution in [3.63, 3.8) is 0 Å². The number of thioether (sulfide) groups is 1. The second-order valence-corrected chi connectivity index (χ2v) is 8.18. The summed E-state index contributed by atoms with van der Waals surface area (Å²) in [6, 6.07) is 13.5. The minimum Gasteiger partial charge on any atom is -0.336 e. The zero-order valence-electron chi connectivity index (χ0n) is 14.4. The first-order valence-electron chi connectivity index (χ1n) is 7.99. The van der Waals surface area contributed by atoms with Gasteiger partial charge >= 0.3 is 0 Å². The lowest BCUT2D eigenvalue weighted by molar-refractivity contribution is -0.742. The van der Waals surface area contributed by atoms with E-state index in [0.717, 1.165) is 22.9 Å². The molecule has 0 aliphatic rings. The van der Waals surface area contributed by atoms with Crippen molar-refractivity contribution >= 4 is 46.6 Å². The van der Waals surface area contributed by atoms with E-state index < -0.39 is 5.09 Å². The van der Waals surface area contributed by atoms with Crippen molar-refractivity contribution in [3.8, 4) is 0 Å². The standard InChI is InChI=1S/C18H15Cl3N2S.HNO3/c19-14-6-4-13(5-7-14)10-15(11-23-9-8-22-12-23)24-18-16(20)2-1-3-17(18)21;2-1(3)4/h1-9,12,15H,10-11H2;(H,2,3,4). The van der Waals surface area contributed by atoms with Crippen LogP contribution in [0.4, 0.5) is 0 Å². The Labute approximate surface area is 181 Å². The van der Waals surface area contributed by atoms with Crippen LogP contribution in [0.3, 0.4) is 0 Å². The second-order valence-electron chi connectivity index (χ2n) is 5.62. The number of imidazole rings is 1. The van der Waals surface area contributed by atoms with Gasteiger partial charge in [-0.2, -0.15) is 0 Å². The van der Waals surface area contributed by atoms with Crippen molar-refractivity contribution in [1.29, 1.82) is 0 Å². The van der Waals surface area contributed by atoms with Gasteiger partial charge in [0.05, 0.1) is 16.4 Å². The molecule has 1 unspecified atom stereocenters. The fraction of sp³-hybridized carbons (Fsp3) is 0.167. The molecule has 3 aromatic rings. The molecule has 0 aliphatic carbocycles. The van der Waals surface area contributed by atoms with Crippen LogP contribution < -0.4 is 0 Å². The summed E-state index contributed by atoms with van der Waals surface area (Å²) in [7, 11) is 0. The van der Waals surface area contributed by atoms with E-state index in [9.17, 15) is 0 Å². The molecule has 28 heavy (non-hydrogen) atoms. The number of hydrogen-bond donors (Lipinski definition) is 1. The molecule has 0 saturated heterocycles. The summed E-state index contributed by atoms with van der Waals surface area (Å²) in [5.74, 6) is 0. The Bertz CT molecular complexity index is 869. The fourth-order valence-corrected chi connectivity index (χ4v) is 4.43. The Morgan fingerprint density at radius 1 is 1.14 bits per heavy atom. The minimum atomic E-state index is -1.50. The van der Waals surface area contributed by atoms with Gasteiger partial charge in [0.2, 0.25) is 0 Å². The van der Waals surface area contributed by atoms with Crippen LogP contribution in [-0.4, -0.2) is 25.1 Å². The quantitative estimate of drug-likeness (QED) is 0.281. The molecular formula is C18H16Cl3N3O3S.